The monoisotopic (exact) mass is 379 g/mol. The van der Waals surface area contributed by atoms with Gasteiger partial charge in [0.25, 0.3) is 0 Å². The average Bonchev–Trinajstić information content (AvgIpc) is 3.34. The molecule has 1 aromatic heterocycles. The van der Waals surface area contributed by atoms with E-state index in [2.05, 4.69) is 4.90 Å². The molecule has 3 aromatic rings. The van der Waals surface area contributed by atoms with Crippen molar-refractivity contribution in [3.8, 4) is 17.2 Å². The van der Waals surface area contributed by atoms with Crippen molar-refractivity contribution in [3.05, 3.63) is 53.3 Å². The summed E-state index contributed by atoms with van der Waals surface area (Å²) in [5.74, 6) is 2.36. The van der Waals surface area contributed by atoms with E-state index in [0.29, 0.717) is 29.4 Å². The molecule has 6 nitrogen and oxygen atoms in total. The van der Waals surface area contributed by atoms with Gasteiger partial charge in [-0.15, -0.1) is 0 Å². The first-order chi connectivity index (χ1) is 13.7. The van der Waals surface area contributed by atoms with E-state index in [4.69, 9.17) is 18.6 Å². The second-order valence-electron chi connectivity index (χ2n) is 7.24. The normalized spacial score (nSPS) is 18.3. The number of ether oxygens (including phenoxy) is 3. The van der Waals surface area contributed by atoms with Crippen molar-refractivity contribution >= 4 is 16.8 Å². The summed E-state index contributed by atoms with van der Waals surface area (Å²) >= 11 is 0. The number of fused-ring (bicyclic) bond motifs is 3. The second-order valence-corrected chi connectivity index (χ2v) is 7.24. The number of benzene rings is 2. The van der Waals surface area contributed by atoms with Crippen LogP contribution in [-0.4, -0.2) is 38.2 Å². The first-order valence-electron chi connectivity index (χ1n) is 9.37. The smallest absolute Gasteiger partial charge is 0.231 e. The van der Waals surface area contributed by atoms with E-state index in [0.717, 1.165) is 35.1 Å². The molecule has 0 N–H and O–H groups in total. The van der Waals surface area contributed by atoms with Crippen LogP contribution in [0.2, 0.25) is 0 Å². The number of furan rings is 1. The molecule has 0 radical (unpaired) electrons. The number of hydrogen-bond acceptors (Lipinski definition) is 6. The van der Waals surface area contributed by atoms with Gasteiger partial charge in [-0.3, -0.25) is 9.69 Å². The molecule has 28 heavy (non-hydrogen) atoms. The fourth-order valence-electron chi connectivity index (χ4n) is 4.18. The van der Waals surface area contributed by atoms with Crippen LogP contribution in [0.1, 0.15) is 34.1 Å². The lowest BCUT2D eigenvalue weighted by Gasteiger charge is -2.35. The van der Waals surface area contributed by atoms with Crippen molar-refractivity contribution in [3.63, 3.8) is 0 Å². The maximum atomic E-state index is 13.1. The van der Waals surface area contributed by atoms with Crippen LogP contribution in [-0.2, 0) is 6.42 Å². The van der Waals surface area contributed by atoms with Gasteiger partial charge in [0.05, 0.1) is 7.11 Å². The number of rotatable bonds is 4. The van der Waals surface area contributed by atoms with E-state index < -0.39 is 0 Å². The van der Waals surface area contributed by atoms with Crippen LogP contribution >= 0.6 is 0 Å². The molecule has 0 spiro atoms. The minimum absolute atomic E-state index is 0.0272. The fraction of sp³-hybridized carbons (Fsp3) is 0.318. The minimum Gasteiger partial charge on any atom is -0.492 e. The third-order valence-corrected chi connectivity index (χ3v) is 5.63. The highest BCUT2D eigenvalue weighted by atomic mass is 16.7. The van der Waals surface area contributed by atoms with Gasteiger partial charge in [0.1, 0.15) is 5.58 Å². The number of carbonyl (C=O) groups excluding carboxylic acids is 1. The molecule has 2 aliphatic rings. The van der Waals surface area contributed by atoms with Crippen LogP contribution in [0.5, 0.6) is 17.2 Å². The average molecular weight is 379 g/mol. The van der Waals surface area contributed by atoms with Crippen molar-refractivity contribution in [1.82, 2.24) is 4.90 Å². The fourth-order valence-corrected chi connectivity index (χ4v) is 4.18. The Morgan fingerprint density at radius 2 is 2.11 bits per heavy atom. The maximum Gasteiger partial charge on any atom is 0.231 e. The number of carbonyl (C=O) groups is 1. The molecular formula is C22H21NO5. The van der Waals surface area contributed by atoms with E-state index in [1.807, 2.05) is 43.4 Å². The molecule has 144 valence electrons. The van der Waals surface area contributed by atoms with Crippen molar-refractivity contribution in [2.24, 2.45) is 0 Å². The van der Waals surface area contributed by atoms with Gasteiger partial charge in [0.2, 0.25) is 12.5 Å². The van der Waals surface area contributed by atoms with Gasteiger partial charge in [-0.25, -0.2) is 0 Å². The molecule has 0 aliphatic carbocycles. The summed E-state index contributed by atoms with van der Waals surface area (Å²) in [6, 6.07) is 11.4. The number of Topliss-reactive ketones (excluding diaryl/α,β-unsaturated/α-hetero) is 1. The van der Waals surface area contributed by atoms with Crippen LogP contribution < -0.4 is 14.2 Å². The molecule has 5 rings (SSSR count). The molecule has 2 aliphatic heterocycles. The van der Waals surface area contributed by atoms with Crippen LogP contribution in [0.15, 0.2) is 40.8 Å². The summed E-state index contributed by atoms with van der Waals surface area (Å²) in [5, 5.41) is 0.934. The summed E-state index contributed by atoms with van der Waals surface area (Å²) in [6.45, 7) is 1.04. The molecule has 1 atom stereocenters. The molecule has 0 bridgehead atoms. The third kappa shape index (κ3) is 2.64. The number of ketones is 1. The first-order valence-corrected chi connectivity index (χ1v) is 9.37. The molecule has 0 saturated heterocycles. The molecule has 0 unspecified atom stereocenters. The number of hydrogen-bond donors (Lipinski definition) is 0. The minimum atomic E-state index is -0.117. The van der Waals surface area contributed by atoms with Gasteiger partial charge in [0.15, 0.2) is 23.0 Å². The Morgan fingerprint density at radius 1 is 1.25 bits per heavy atom. The Hall–Kier alpha value is -2.99. The number of nitrogens with zero attached hydrogens (tertiary/aromatic N) is 1. The zero-order valence-electron chi connectivity index (χ0n) is 15.9. The van der Waals surface area contributed by atoms with Gasteiger partial charge in [-0.05, 0) is 37.2 Å². The van der Waals surface area contributed by atoms with E-state index >= 15 is 0 Å². The SMILES string of the molecule is COc1c2c(cc3c1[C@@H](CC(=O)c1cc4ccccc4o1)N(C)CC3)OCO2. The predicted molar refractivity (Wildman–Crippen MR) is 103 cm³/mol. The van der Waals surface area contributed by atoms with Crippen LogP contribution in [0, 0.1) is 0 Å². The highest BCUT2D eigenvalue weighted by molar-refractivity contribution is 5.98. The Morgan fingerprint density at radius 3 is 2.93 bits per heavy atom. The van der Waals surface area contributed by atoms with Crippen molar-refractivity contribution in [2.45, 2.75) is 18.9 Å². The van der Waals surface area contributed by atoms with Crippen molar-refractivity contribution < 1.29 is 23.4 Å². The molecule has 6 heteroatoms. The van der Waals surface area contributed by atoms with Gasteiger partial charge in [0, 0.05) is 30.0 Å². The molecule has 0 amide bonds. The number of methoxy groups -OCH3 is 1. The van der Waals surface area contributed by atoms with Crippen molar-refractivity contribution in [2.75, 3.05) is 27.5 Å². The lowest BCUT2D eigenvalue weighted by molar-refractivity contribution is 0.0900. The van der Waals surface area contributed by atoms with E-state index in [9.17, 15) is 4.79 Å². The summed E-state index contributed by atoms with van der Waals surface area (Å²) in [5.41, 5.74) is 2.87. The predicted octanol–water partition coefficient (Wildman–Crippen LogP) is 3.97. The summed E-state index contributed by atoms with van der Waals surface area (Å²) in [7, 11) is 3.66. The Labute approximate surface area is 162 Å². The van der Waals surface area contributed by atoms with Gasteiger partial charge in [-0.1, -0.05) is 18.2 Å². The van der Waals surface area contributed by atoms with Crippen LogP contribution in [0.25, 0.3) is 11.0 Å². The Bertz CT molecular complexity index is 1040. The van der Waals surface area contributed by atoms with E-state index in [1.165, 1.54) is 0 Å². The molecule has 3 heterocycles. The lowest BCUT2D eigenvalue weighted by Crippen LogP contribution is -2.34. The summed E-state index contributed by atoms with van der Waals surface area (Å²) < 4.78 is 22.7. The molecule has 2 aromatic carbocycles. The topological polar surface area (TPSA) is 61.1 Å². The highest BCUT2D eigenvalue weighted by Crippen LogP contribution is 2.50. The Balaban J connectivity index is 1.53. The van der Waals surface area contributed by atoms with Gasteiger partial charge < -0.3 is 18.6 Å². The highest BCUT2D eigenvalue weighted by Gasteiger charge is 2.35. The number of likely N-dealkylation sites (N-methyl/N-ethyl adjacent to an activating group) is 1. The Kier molecular flexibility index (Phi) is 4.02. The summed E-state index contributed by atoms with van der Waals surface area (Å²) in [4.78, 5) is 15.2. The van der Waals surface area contributed by atoms with Crippen LogP contribution in [0.3, 0.4) is 0 Å². The second kappa shape index (κ2) is 6.56. The van der Waals surface area contributed by atoms with E-state index in [1.54, 1.807) is 7.11 Å². The molecular weight excluding hydrogens is 358 g/mol. The third-order valence-electron chi connectivity index (χ3n) is 5.63. The summed E-state index contributed by atoms with van der Waals surface area (Å²) in [6.07, 6.45) is 1.17. The van der Waals surface area contributed by atoms with E-state index in [-0.39, 0.29) is 18.6 Å². The molecule has 0 fully saturated rings. The molecule has 0 saturated carbocycles. The standard InChI is InChI=1S/C22H21NO5/c1-23-8-7-14-10-19-21(27-12-26-19)22(25-2)20(14)15(23)11-16(24)18-9-13-5-3-4-6-17(13)28-18/h3-6,9-10,15H,7-8,11-12H2,1-2H3/t15-/m1/s1. The van der Waals surface area contributed by atoms with Gasteiger partial charge >= 0.3 is 0 Å². The van der Waals surface area contributed by atoms with Crippen LogP contribution in [0.4, 0.5) is 0 Å². The quantitative estimate of drug-likeness (QED) is 0.639. The maximum absolute atomic E-state index is 13.1. The largest absolute Gasteiger partial charge is 0.492 e. The van der Waals surface area contributed by atoms with Crippen molar-refractivity contribution in [1.29, 1.82) is 0 Å². The van der Waals surface area contributed by atoms with Gasteiger partial charge in [-0.2, -0.15) is 0 Å². The number of para-hydroxylation sites is 1. The zero-order chi connectivity index (χ0) is 19.3. The first kappa shape index (κ1) is 17.1. The zero-order valence-corrected chi connectivity index (χ0v) is 15.9. The lowest BCUT2D eigenvalue weighted by atomic mass is 9.88.